The second-order valence-electron chi connectivity index (χ2n) is 6.49. The number of nitrogens with one attached hydrogen (secondary N) is 3. The minimum Gasteiger partial charge on any atom is -0.496 e. The zero-order valence-corrected chi connectivity index (χ0v) is 15.8. The third-order valence-electron chi connectivity index (χ3n) is 4.69. The van der Waals surface area contributed by atoms with Gasteiger partial charge in [-0.2, -0.15) is 0 Å². The van der Waals surface area contributed by atoms with E-state index in [1.807, 2.05) is 36.4 Å². The molecule has 2 heterocycles. The lowest BCUT2D eigenvalue weighted by atomic mass is 10.1. The first-order valence-electron chi connectivity index (χ1n) is 9.30. The summed E-state index contributed by atoms with van der Waals surface area (Å²) >= 11 is 0. The fraction of sp³-hybridized carbons (Fsp3) is 0.182. The molecule has 0 radical (unpaired) electrons. The van der Waals surface area contributed by atoms with Gasteiger partial charge in [-0.05, 0) is 24.1 Å². The van der Waals surface area contributed by atoms with Crippen molar-refractivity contribution in [2.45, 2.75) is 13.0 Å². The molecule has 0 saturated carbocycles. The molecule has 4 aromatic rings. The van der Waals surface area contributed by atoms with Crippen molar-refractivity contribution >= 4 is 22.5 Å². The summed E-state index contributed by atoms with van der Waals surface area (Å²) in [7, 11) is 1.68. The van der Waals surface area contributed by atoms with Crippen molar-refractivity contribution in [2.75, 3.05) is 24.3 Å². The molecular weight excluding hydrogens is 350 g/mol. The molecular formula is C22H23N5O. The van der Waals surface area contributed by atoms with E-state index in [4.69, 9.17) is 4.74 Å². The molecule has 6 heteroatoms. The second-order valence-corrected chi connectivity index (χ2v) is 6.49. The van der Waals surface area contributed by atoms with E-state index in [-0.39, 0.29) is 0 Å². The molecule has 0 unspecified atom stereocenters. The Morgan fingerprint density at radius 1 is 0.929 bits per heavy atom. The summed E-state index contributed by atoms with van der Waals surface area (Å²) in [5, 5.41) is 7.98. The minimum absolute atomic E-state index is 0.635. The Labute approximate surface area is 164 Å². The van der Waals surface area contributed by atoms with E-state index in [1.54, 1.807) is 13.4 Å². The zero-order chi connectivity index (χ0) is 19.2. The molecule has 2 aromatic carbocycles. The maximum absolute atomic E-state index is 5.39. The molecule has 0 saturated heterocycles. The number of nitrogens with zero attached hydrogens (tertiary/aromatic N) is 2. The van der Waals surface area contributed by atoms with E-state index in [0.717, 1.165) is 35.9 Å². The lowest BCUT2D eigenvalue weighted by Crippen LogP contribution is -2.08. The average molecular weight is 373 g/mol. The average Bonchev–Trinajstić information content (AvgIpc) is 3.16. The van der Waals surface area contributed by atoms with Crippen molar-refractivity contribution in [1.29, 1.82) is 0 Å². The molecule has 6 nitrogen and oxygen atoms in total. The Hall–Kier alpha value is -3.54. The van der Waals surface area contributed by atoms with Gasteiger partial charge in [0, 0.05) is 41.8 Å². The van der Waals surface area contributed by atoms with Crippen LogP contribution in [0.1, 0.15) is 11.1 Å². The van der Waals surface area contributed by atoms with Crippen LogP contribution in [0.25, 0.3) is 10.9 Å². The van der Waals surface area contributed by atoms with E-state index < -0.39 is 0 Å². The number of ether oxygens (including phenoxy) is 1. The molecule has 28 heavy (non-hydrogen) atoms. The summed E-state index contributed by atoms with van der Waals surface area (Å²) < 4.78 is 5.39. The number of methoxy groups -OCH3 is 1. The van der Waals surface area contributed by atoms with Crippen molar-refractivity contribution in [3.05, 3.63) is 78.2 Å². The SMILES string of the molecule is COc1ccccc1CNc1cc(NCCc2c[nH]c3ccccc23)ncn1. The predicted octanol–water partition coefficient (Wildman–Crippen LogP) is 4.23. The van der Waals surface area contributed by atoms with Crippen LogP contribution in [0, 0.1) is 0 Å². The Kier molecular flexibility index (Phi) is 5.38. The van der Waals surface area contributed by atoms with E-state index in [1.165, 1.54) is 16.5 Å². The standard InChI is InChI=1S/C22H23N5O/c1-28-20-9-5-2-6-17(20)14-25-22-12-21(26-15-27-22)23-11-10-16-13-24-19-8-4-3-7-18(16)19/h2-9,12-13,15,24H,10-11,14H2,1H3,(H2,23,25,26,27). The van der Waals surface area contributed by atoms with E-state index >= 15 is 0 Å². The van der Waals surface area contributed by atoms with Crippen molar-refractivity contribution < 1.29 is 4.74 Å². The van der Waals surface area contributed by atoms with Gasteiger partial charge in [0.2, 0.25) is 0 Å². The first-order valence-corrected chi connectivity index (χ1v) is 9.30. The quantitative estimate of drug-likeness (QED) is 0.431. The van der Waals surface area contributed by atoms with Crippen LogP contribution in [0.4, 0.5) is 11.6 Å². The van der Waals surface area contributed by atoms with Crippen molar-refractivity contribution in [2.24, 2.45) is 0 Å². The number of fused-ring (bicyclic) bond motifs is 1. The summed E-state index contributed by atoms with van der Waals surface area (Å²) in [6.07, 6.45) is 4.56. The Morgan fingerprint density at radius 2 is 1.71 bits per heavy atom. The number of benzene rings is 2. The van der Waals surface area contributed by atoms with Gasteiger partial charge in [-0.15, -0.1) is 0 Å². The summed E-state index contributed by atoms with van der Waals surface area (Å²) in [6, 6.07) is 18.2. The molecule has 0 atom stereocenters. The zero-order valence-electron chi connectivity index (χ0n) is 15.8. The van der Waals surface area contributed by atoms with Gasteiger partial charge in [-0.1, -0.05) is 36.4 Å². The molecule has 0 fully saturated rings. The summed E-state index contributed by atoms with van der Waals surface area (Å²) in [4.78, 5) is 11.9. The largest absolute Gasteiger partial charge is 0.496 e. The molecule has 0 spiro atoms. The predicted molar refractivity (Wildman–Crippen MR) is 113 cm³/mol. The van der Waals surface area contributed by atoms with Crippen LogP contribution in [0.2, 0.25) is 0 Å². The van der Waals surface area contributed by atoms with Gasteiger partial charge < -0.3 is 20.4 Å². The third-order valence-corrected chi connectivity index (χ3v) is 4.69. The van der Waals surface area contributed by atoms with Crippen LogP contribution in [0.3, 0.4) is 0 Å². The summed E-state index contributed by atoms with van der Waals surface area (Å²) in [6.45, 7) is 1.43. The lowest BCUT2D eigenvalue weighted by Gasteiger charge is -2.11. The molecule has 2 aromatic heterocycles. The first-order chi connectivity index (χ1) is 13.8. The first kappa shape index (κ1) is 17.9. The molecule has 0 bridgehead atoms. The van der Waals surface area contributed by atoms with E-state index in [9.17, 15) is 0 Å². The normalized spacial score (nSPS) is 10.8. The molecule has 4 rings (SSSR count). The van der Waals surface area contributed by atoms with Crippen LogP contribution in [-0.4, -0.2) is 28.6 Å². The molecule has 0 aliphatic heterocycles. The van der Waals surface area contributed by atoms with Crippen molar-refractivity contribution in [1.82, 2.24) is 15.0 Å². The summed E-state index contributed by atoms with van der Waals surface area (Å²) in [5.74, 6) is 2.44. The third kappa shape index (κ3) is 4.06. The number of para-hydroxylation sites is 2. The monoisotopic (exact) mass is 373 g/mol. The van der Waals surface area contributed by atoms with Gasteiger partial charge in [0.15, 0.2) is 0 Å². The highest BCUT2D eigenvalue weighted by Gasteiger charge is 2.05. The van der Waals surface area contributed by atoms with E-state index in [2.05, 4.69) is 50.0 Å². The van der Waals surface area contributed by atoms with Gasteiger partial charge in [0.05, 0.1) is 7.11 Å². The van der Waals surface area contributed by atoms with Crippen LogP contribution >= 0.6 is 0 Å². The van der Waals surface area contributed by atoms with Crippen molar-refractivity contribution in [3.63, 3.8) is 0 Å². The number of aromatic nitrogens is 3. The number of hydrogen-bond donors (Lipinski definition) is 3. The van der Waals surface area contributed by atoms with Gasteiger partial charge in [-0.3, -0.25) is 0 Å². The number of hydrogen-bond acceptors (Lipinski definition) is 5. The molecule has 0 aliphatic rings. The number of aromatic amines is 1. The van der Waals surface area contributed by atoms with Gasteiger partial charge in [0.1, 0.15) is 23.7 Å². The van der Waals surface area contributed by atoms with Crippen LogP contribution < -0.4 is 15.4 Å². The number of H-pyrrole nitrogens is 1. The fourth-order valence-electron chi connectivity index (χ4n) is 3.25. The highest BCUT2D eigenvalue weighted by Crippen LogP contribution is 2.20. The number of rotatable bonds is 8. The van der Waals surface area contributed by atoms with Gasteiger partial charge >= 0.3 is 0 Å². The molecule has 0 aliphatic carbocycles. The fourth-order valence-corrected chi connectivity index (χ4v) is 3.25. The van der Waals surface area contributed by atoms with Crippen LogP contribution in [0.15, 0.2) is 67.1 Å². The lowest BCUT2D eigenvalue weighted by molar-refractivity contribution is 0.410. The maximum Gasteiger partial charge on any atom is 0.131 e. The highest BCUT2D eigenvalue weighted by atomic mass is 16.5. The maximum atomic E-state index is 5.39. The minimum atomic E-state index is 0.635. The number of anilines is 2. The van der Waals surface area contributed by atoms with Gasteiger partial charge in [0.25, 0.3) is 0 Å². The highest BCUT2D eigenvalue weighted by molar-refractivity contribution is 5.83. The van der Waals surface area contributed by atoms with E-state index in [0.29, 0.717) is 6.54 Å². The van der Waals surface area contributed by atoms with Gasteiger partial charge in [-0.25, -0.2) is 9.97 Å². The van der Waals surface area contributed by atoms with Crippen LogP contribution in [0.5, 0.6) is 5.75 Å². The van der Waals surface area contributed by atoms with Crippen LogP contribution in [-0.2, 0) is 13.0 Å². The van der Waals surface area contributed by atoms with Crippen molar-refractivity contribution in [3.8, 4) is 5.75 Å². The molecule has 0 amide bonds. The Morgan fingerprint density at radius 3 is 2.61 bits per heavy atom. The Balaban J connectivity index is 1.35. The Bertz CT molecular complexity index is 1060. The molecule has 3 N–H and O–H groups in total. The smallest absolute Gasteiger partial charge is 0.131 e. The molecule has 142 valence electrons. The summed E-state index contributed by atoms with van der Waals surface area (Å²) in [5.41, 5.74) is 3.55. The topological polar surface area (TPSA) is 74.9 Å². The second kappa shape index (κ2) is 8.43.